The van der Waals surface area contributed by atoms with Crippen LogP contribution in [0.3, 0.4) is 0 Å². The van der Waals surface area contributed by atoms with Crippen LogP contribution in [0.15, 0.2) is 24.3 Å². The number of amides is 1. The van der Waals surface area contributed by atoms with Crippen molar-refractivity contribution in [1.82, 2.24) is 5.32 Å². The first-order chi connectivity index (χ1) is 12.0. The summed E-state index contributed by atoms with van der Waals surface area (Å²) in [5, 5.41) is 12.7. The third kappa shape index (κ3) is 3.97. The lowest BCUT2D eigenvalue weighted by Gasteiger charge is -2.31. The van der Waals surface area contributed by atoms with Crippen LogP contribution in [0.2, 0.25) is 0 Å². The van der Waals surface area contributed by atoms with Crippen LogP contribution in [-0.2, 0) is 9.53 Å². The number of benzene rings is 1. The minimum absolute atomic E-state index is 0.307. The lowest BCUT2D eigenvalue weighted by Crippen LogP contribution is -2.50. The maximum atomic E-state index is 13.2. The fraction of sp³-hybridized carbons (Fsp3) is 0.389. The fourth-order valence-corrected chi connectivity index (χ4v) is 3.98. The molecule has 2 aromatic rings. The predicted molar refractivity (Wildman–Crippen MR) is 91.6 cm³/mol. The molecule has 1 N–H and O–H groups in total. The predicted octanol–water partition coefficient (Wildman–Crippen LogP) is 3.54. The number of hydrogen-bond donors (Lipinski definition) is 1. The highest BCUT2D eigenvalue weighted by Crippen LogP contribution is 2.28. The quantitative estimate of drug-likeness (QED) is 0.846. The van der Waals surface area contributed by atoms with Crippen molar-refractivity contribution in [2.45, 2.75) is 37.6 Å². The monoisotopic (exact) mass is 360 g/mol. The molecule has 1 heterocycles. The number of carbonyl (C=O) groups excluding carboxylic acids is 2. The van der Waals surface area contributed by atoms with E-state index in [1.165, 1.54) is 23.5 Å². The van der Waals surface area contributed by atoms with E-state index in [4.69, 9.17) is 4.74 Å². The van der Waals surface area contributed by atoms with Gasteiger partial charge in [0, 0.05) is 4.70 Å². The number of ether oxygens (including phenoxy) is 1. The van der Waals surface area contributed by atoms with E-state index in [1.807, 2.05) is 0 Å². The lowest BCUT2D eigenvalue weighted by molar-refractivity contribution is -0.125. The fourth-order valence-electron chi connectivity index (χ4n) is 3.04. The van der Waals surface area contributed by atoms with Crippen LogP contribution < -0.4 is 5.32 Å². The first kappa shape index (κ1) is 17.4. The number of nitriles is 1. The van der Waals surface area contributed by atoms with Gasteiger partial charge in [-0.3, -0.25) is 4.79 Å². The number of nitrogens with zero attached hydrogens (tertiary/aromatic N) is 1. The molecule has 1 fully saturated rings. The van der Waals surface area contributed by atoms with E-state index in [2.05, 4.69) is 11.4 Å². The SMILES string of the molecule is N#CC1(NC(=O)COC(=O)c2cc3cc(F)ccc3s2)CCCCC1. The van der Waals surface area contributed by atoms with E-state index >= 15 is 0 Å². The molecule has 1 aromatic heterocycles. The first-order valence-corrected chi connectivity index (χ1v) is 8.91. The van der Waals surface area contributed by atoms with Crippen molar-refractivity contribution in [3.8, 4) is 6.07 Å². The standard InChI is InChI=1S/C18H17FN2O3S/c19-13-4-5-14-12(8-13)9-15(25-14)17(23)24-10-16(22)21-18(11-20)6-2-1-3-7-18/h4-5,8-9H,1-3,6-7,10H2,(H,21,22). The summed E-state index contributed by atoms with van der Waals surface area (Å²) in [6, 6.07) is 7.99. The smallest absolute Gasteiger partial charge is 0.348 e. The lowest BCUT2D eigenvalue weighted by atomic mass is 9.83. The molecule has 5 nitrogen and oxygen atoms in total. The minimum atomic E-state index is -0.850. The van der Waals surface area contributed by atoms with Crippen molar-refractivity contribution < 1.29 is 18.7 Å². The van der Waals surface area contributed by atoms with Crippen molar-refractivity contribution in [1.29, 1.82) is 5.26 Å². The summed E-state index contributed by atoms with van der Waals surface area (Å²) < 4.78 is 19.0. The van der Waals surface area contributed by atoms with Gasteiger partial charge in [-0.2, -0.15) is 5.26 Å². The molecule has 7 heteroatoms. The number of hydrogen-bond acceptors (Lipinski definition) is 5. The average Bonchev–Trinajstić information content (AvgIpc) is 3.03. The van der Waals surface area contributed by atoms with Gasteiger partial charge < -0.3 is 10.1 Å². The maximum absolute atomic E-state index is 13.2. The number of carbonyl (C=O) groups is 2. The molecule has 1 aromatic carbocycles. The number of esters is 1. The van der Waals surface area contributed by atoms with Gasteiger partial charge in [0.15, 0.2) is 6.61 Å². The van der Waals surface area contributed by atoms with Crippen LogP contribution in [0.5, 0.6) is 0 Å². The third-order valence-electron chi connectivity index (χ3n) is 4.31. The second-order valence-corrected chi connectivity index (χ2v) is 7.26. The summed E-state index contributed by atoms with van der Waals surface area (Å²) in [4.78, 5) is 24.4. The Kier molecular flexibility index (Phi) is 5.00. The molecule has 0 radical (unpaired) electrons. The van der Waals surface area contributed by atoms with Gasteiger partial charge in [-0.25, -0.2) is 9.18 Å². The Morgan fingerprint density at radius 3 is 2.76 bits per heavy atom. The third-order valence-corrected chi connectivity index (χ3v) is 5.41. The Bertz CT molecular complexity index is 850. The largest absolute Gasteiger partial charge is 0.451 e. The van der Waals surface area contributed by atoms with Crippen LogP contribution in [0.4, 0.5) is 4.39 Å². The molecule has 0 unspecified atom stereocenters. The van der Waals surface area contributed by atoms with Gasteiger partial charge in [0.05, 0.1) is 6.07 Å². The average molecular weight is 360 g/mol. The highest BCUT2D eigenvalue weighted by molar-refractivity contribution is 7.20. The second-order valence-electron chi connectivity index (χ2n) is 6.17. The molecule has 0 spiro atoms. The Balaban J connectivity index is 1.59. The van der Waals surface area contributed by atoms with Crippen molar-refractivity contribution in [2.75, 3.05) is 6.61 Å². The summed E-state index contributed by atoms with van der Waals surface area (Å²) in [5.41, 5.74) is -0.850. The van der Waals surface area contributed by atoms with E-state index in [0.717, 1.165) is 24.0 Å². The Labute approximate surface area is 148 Å². The highest BCUT2D eigenvalue weighted by Gasteiger charge is 2.33. The zero-order valence-electron chi connectivity index (χ0n) is 13.5. The normalized spacial score (nSPS) is 16.2. The summed E-state index contributed by atoms with van der Waals surface area (Å²) >= 11 is 1.18. The summed E-state index contributed by atoms with van der Waals surface area (Å²) in [7, 11) is 0. The number of fused-ring (bicyclic) bond motifs is 1. The molecule has 1 aliphatic rings. The number of rotatable bonds is 4. The summed E-state index contributed by atoms with van der Waals surface area (Å²) in [6.45, 7) is -0.440. The van der Waals surface area contributed by atoms with E-state index in [0.29, 0.717) is 23.1 Å². The summed E-state index contributed by atoms with van der Waals surface area (Å²) in [5.74, 6) is -1.49. The molecule has 25 heavy (non-hydrogen) atoms. The van der Waals surface area contributed by atoms with Crippen molar-refractivity contribution in [2.24, 2.45) is 0 Å². The number of thiophene rings is 1. The van der Waals surface area contributed by atoms with Crippen LogP contribution in [0.25, 0.3) is 10.1 Å². The van der Waals surface area contributed by atoms with Gasteiger partial charge in [0.2, 0.25) is 0 Å². The molecule has 0 saturated heterocycles. The van der Waals surface area contributed by atoms with Crippen LogP contribution in [0, 0.1) is 17.1 Å². The minimum Gasteiger partial charge on any atom is -0.451 e. The number of halogens is 1. The Hall–Kier alpha value is -2.46. The topological polar surface area (TPSA) is 79.2 Å². The van der Waals surface area contributed by atoms with E-state index < -0.39 is 24.0 Å². The molecule has 0 aliphatic heterocycles. The molecule has 130 valence electrons. The number of nitrogens with one attached hydrogen (secondary N) is 1. The molecule has 1 saturated carbocycles. The van der Waals surface area contributed by atoms with Crippen LogP contribution in [0.1, 0.15) is 41.8 Å². The zero-order chi connectivity index (χ0) is 17.9. The molecule has 0 bridgehead atoms. The van der Waals surface area contributed by atoms with E-state index in [9.17, 15) is 19.2 Å². The van der Waals surface area contributed by atoms with E-state index in [1.54, 1.807) is 12.1 Å². The molecule has 3 rings (SSSR count). The van der Waals surface area contributed by atoms with Crippen LogP contribution >= 0.6 is 11.3 Å². The molecule has 1 aliphatic carbocycles. The van der Waals surface area contributed by atoms with Crippen molar-refractivity contribution >= 4 is 33.3 Å². The second kappa shape index (κ2) is 7.19. The maximum Gasteiger partial charge on any atom is 0.348 e. The van der Waals surface area contributed by atoms with Crippen LogP contribution in [-0.4, -0.2) is 24.0 Å². The molecular weight excluding hydrogens is 343 g/mol. The zero-order valence-corrected chi connectivity index (χ0v) is 14.3. The van der Waals surface area contributed by atoms with Gasteiger partial charge >= 0.3 is 5.97 Å². The van der Waals surface area contributed by atoms with E-state index in [-0.39, 0.29) is 5.82 Å². The Morgan fingerprint density at radius 1 is 1.28 bits per heavy atom. The molecule has 0 atom stereocenters. The van der Waals surface area contributed by atoms with Crippen molar-refractivity contribution in [3.05, 3.63) is 35.0 Å². The molecular formula is C18H17FN2O3S. The Morgan fingerprint density at radius 2 is 2.04 bits per heavy atom. The van der Waals surface area contributed by atoms with Gasteiger partial charge in [-0.05, 0) is 42.5 Å². The first-order valence-electron chi connectivity index (χ1n) is 8.10. The van der Waals surface area contributed by atoms with Gasteiger partial charge in [0.25, 0.3) is 5.91 Å². The van der Waals surface area contributed by atoms with Gasteiger partial charge in [0.1, 0.15) is 16.2 Å². The van der Waals surface area contributed by atoms with Gasteiger partial charge in [-0.1, -0.05) is 19.3 Å². The van der Waals surface area contributed by atoms with Gasteiger partial charge in [-0.15, -0.1) is 11.3 Å². The summed E-state index contributed by atoms with van der Waals surface area (Å²) in [6.07, 6.45) is 4.08. The van der Waals surface area contributed by atoms with Crippen molar-refractivity contribution in [3.63, 3.8) is 0 Å². The highest BCUT2D eigenvalue weighted by atomic mass is 32.1. The molecule has 1 amide bonds.